The minimum absolute atomic E-state index is 0.00216. The van der Waals surface area contributed by atoms with Crippen molar-refractivity contribution in [3.63, 3.8) is 0 Å². The highest BCUT2D eigenvalue weighted by atomic mass is 79.9. The SMILES string of the molecule is CC(CCCBr)NC(=O)Cc1cccc(O)c1. The number of hydrogen-bond donors (Lipinski definition) is 2. The van der Waals surface area contributed by atoms with Crippen LogP contribution in [0.3, 0.4) is 0 Å². The zero-order chi connectivity index (χ0) is 12.7. The van der Waals surface area contributed by atoms with E-state index < -0.39 is 0 Å². The maximum atomic E-state index is 11.7. The van der Waals surface area contributed by atoms with Crippen LogP contribution in [0, 0.1) is 0 Å². The third kappa shape index (κ3) is 5.73. The number of phenolic OH excluding ortho intramolecular Hbond substituents is 1. The normalized spacial score (nSPS) is 12.1. The van der Waals surface area contributed by atoms with Crippen LogP contribution in [0.25, 0.3) is 0 Å². The molecule has 0 radical (unpaired) electrons. The maximum Gasteiger partial charge on any atom is 0.224 e. The molecule has 1 rings (SSSR count). The Hall–Kier alpha value is -1.03. The van der Waals surface area contributed by atoms with Gasteiger partial charge < -0.3 is 10.4 Å². The fourth-order valence-corrected chi connectivity index (χ4v) is 1.96. The molecule has 0 heterocycles. The molecule has 3 nitrogen and oxygen atoms in total. The van der Waals surface area contributed by atoms with Crippen molar-refractivity contribution in [1.82, 2.24) is 5.32 Å². The maximum absolute atomic E-state index is 11.7. The summed E-state index contributed by atoms with van der Waals surface area (Å²) in [6, 6.07) is 6.98. The summed E-state index contributed by atoms with van der Waals surface area (Å²) in [6.45, 7) is 2.00. The first-order chi connectivity index (χ1) is 8.11. The second kappa shape index (κ2) is 7.33. The number of aromatic hydroxyl groups is 1. The Kier molecular flexibility index (Phi) is 6.05. The van der Waals surface area contributed by atoms with Crippen molar-refractivity contribution in [2.24, 2.45) is 0 Å². The highest BCUT2D eigenvalue weighted by molar-refractivity contribution is 9.09. The van der Waals surface area contributed by atoms with Gasteiger partial charge in [-0.25, -0.2) is 0 Å². The van der Waals surface area contributed by atoms with Gasteiger partial charge in [0.2, 0.25) is 5.91 Å². The summed E-state index contributed by atoms with van der Waals surface area (Å²) in [6.07, 6.45) is 2.33. The first-order valence-corrected chi connectivity index (χ1v) is 6.87. The van der Waals surface area contributed by atoms with Crippen LogP contribution in [-0.4, -0.2) is 22.4 Å². The standard InChI is InChI=1S/C13H18BrNO2/c1-10(4-3-7-14)15-13(17)9-11-5-2-6-12(16)8-11/h2,5-6,8,10,16H,3-4,7,9H2,1H3,(H,15,17). The molecule has 0 saturated carbocycles. The number of nitrogens with one attached hydrogen (secondary N) is 1. The van der Waals surface area contributed by atoms with Crippen molar-refractivity contribution in [2.75, 3.05) is 5.33 Å². The van der Waals surface area contributed by atoms with Gasteiger partial charge in [-0.15, -0.1) is 0 Å². The second-order valence-electron chi connectivity index (χ2n) is 4.15. The lowest BCUT2D eigenvalue weighted by Crippen LogP contribution is -2.33. The van der Waals surface area contributed by atoms with Crippen LogP contribution in [0.4, 0.5) is 0 Å². The van der Waals surface area contributed by atoms with Crippen molar-refractivity contribution < 1.29 is 9.90 Å². The smallest absolute Gasteiger partial charge is 0.224 e. The Morgan fingerprint density at radius 1 is 1.53 bits per heavy atom. The average Bonchev–Trinajstić information content (AvgIpc) is 2.26. The number of carbonyl (C=O) groups excluding carboxylic acids is 1. The molecule has 17 heavy (non-hydrogen) atoms. The Morgan fingerprint density at radius 2 is 2.29 bits per heavy atom. The molecule has 0 aliphatic rings. The molecule has 1 aromatic carbocycles. The molecule has 1 unspecified atom stereocenters. The molecule has 0 bridgehead atoms. The van der Waals surface area contributed by atoms with Crippen molar-refractivity contribution in [3.8, 4) is 5.75 Å². The van der Waals surface area contributed by atoms with Gasteiger partial charge in [0.15, 0.2) is 0 Å². The van der Waals surface area contributed by atoms with Crippen molar-refractivity contribution in [2.45, 2.75) is 32.2 Å². The fourth-order valence-electron chi connectivity index (χ4n) is 1.63. The van der Waals surface area contributed by atoms with E-state index in [1.165, 1.54) is 0 Å². The summed E-state index contributed by atoms with van der Waals surface area (Å²) < 4.78 is 0. The Bertz CT molecular complexity index is 368. The molecule has 94 valence electrons. The lowest BCUT2D eigenvalue weighted by atomic mass is 10.1. The quantitative estimate of drug-likeness (QED) is 0.793. The largest absolute Gasteiger partial charge is 0.508 e. The van der Waals surface area contributed by atoms with E-state index in [1.54, 1.807) is 18.2 Å². The molecule has 0 spiro atoms. The first kappa shape index (κ1) is 14.0. The van der Waals surface area contributed by atoms with Gasteiger partial charge in [-0.1, -0.05) is 28.1 Å². The van der Waals surface area contributed by atoms with Gasteiger partial charge >= 0.3 is 0 Å². The van der Waals surface area contributed by atoms with Gasteiger partial charge in [0.25, 0.3) is 0 Å². The zero-order valence-electron chi connectivity index (χ0n) is 9.95. The number of rotatable bonds is 6. The second-order valence-corrected chi connectivity index (χ2v) is 4.94. The van der Waals surface area contributed by atoms with E-state index in [1.807, 2.05) is 13.0 Å². The molecule has 0 aromatic heterocycles. The summed E-state index contributed by atoms with van der Waals surface area (Å²) in [5, 5.41) is 13.2. The third-order valence-corrected chi connectivity index (χ3v) is 3.01. The highest BCUT2D eigenvalue weighted by Crippen LogP contribution is 2.11. The summed E-state index contributed by atoms with van der Waals surface area (Å²) in [5.41, 5.74) is 0.829. The molecule has 4 heteroatoms. The Morgan fingerprint density at radius 3 is 2.94 bits per heavy atom. The van der Waals surface area contributed by atoms with E-state index in [0.717, 1.165) is 23.7 Å². The molecule has 0 fully saturated rings. The summed E-state index contributed by atoms with van der Waals surface area (Å²) in [5.74, 6) is 0.195. The summed E-state index contributed by atoms with van der Waals surface area (Å²) in [7, 11) is 0. The minimum atomic E-state index is -0.00216. The summed E-state index contributed by atoms with van der Waals surface area (Å²) >= 11 is 3.37. The number of phenols is 1. The molecular weight excluding hydrogens is 282 g/mol. The number of halogens is 1. The van der Waals surface area contributed by atoms with Gasteiger partial charge in [-0.3, -0.25) is 4.79 Å². The van der Waals surface area contributed by atoms with E-state index in [4.69, 9.17) is 0 Å². The highest BCUT2D eigenvalue weighted by Gasteiger charge is 2.08. The number of alkyl halides is 1. The van der Waals surface area contributed by atoms with Crippen LogP contribution in [0.1, 0.15) is 25.3 Å². The van der Waals surface area contributed by atoms with Crippen LogP contribution in [-0.2, 0) is 11.2 Å². The van der Waals surface area contributed by atoms with Crippen molar-refractivity contribution in [1.29, 1.82) is 0 Å². The average molecular weight is 300 g/mol. The number of hydrogen-bond acceptors (Lipinski definition) is 2. The number of benzene rings is 1. The van der Waals surface area contributed by atoms with Crippen LogP contribution < -0.4 is 5.32 Å². The predicted molar refractivity (Wildman–Crippen MR) is 72.4 cm³/mol. The van der Waals surface area contributed by atoms with E-state index >= 15 is 0 Å². The van der Waals surface area contributed by atoms with E-state index in [9.17, 15) is 9.90 Å². The lowest BCUT2D eigenvalue weighted by Gasteiger charge is -2.13. The predicted octanol–water partition coefficient (Wildman–Crippen LogP) is 2.61. The number of amides is 1. The first-order valence-electron chi connectivity index (χ1n) is 5.75. The molecule has 1 aromatic rings. The van der Waals surface area contributed by atoms with Gasteiger partial charge in [-0.05, 0) is 37.5 Å². The molecule has 0 aliphatic carbocycles. The molecule has 0 aliphatic heterocycles. The lowest BCUT2D eigenvalue weighted by molar-refractivity contribution is -0.121. The van der Waals surface area contributed by atoms with Gasteiger partial charge in [-0.2, -0.15) is 0 Å². The van der Waals surface area contributed by atoms with E-state index in [-0.39, 0.29) is 17.7 Å². The molecule has 1 amide bonds. The molecule has 2 N–H and O–H groups in total. The summed E-state index contributed by atoms with van der Waals surface area (Å²) in [4.78, 5) is 11.7. The van der Waals surface area contributed by atoms with Crippen molar-refractivity contribution in [3.05, 3.63) is 29.8 Å². The monoisotopic (exact) mass is 299 g/mol. The molecule has 0 saturated heterocycles. The van der Waals surface area contributed by atoms with E-state index in [0.29, 0.717) is 6.42 Å². The zero-order valence-corrected chi connectivity index (χ0v) is 11.5. The van der Waals surface area contributed by atoms with Crippen LogP contribution >= 0.6 is 15.9 Å². The van der Waals surface area contributed by atoms with Crippen LogP contribution in [0.5, 0.6) is 5.75 Å². The molecule has 1 atom stereocenters. The van der Waals surface area contributed by atoms with Gasteiger partial charge in [0.1, 0.15) is 5.75 Å². The van der Waals surface area contributed by atoms with Crippen LogP contribution in [0.15, 0.2) is 24.3 Å². The van der Waals surface area contributed by atoms with Gasteiger partial charge in [0.05, 0.1) is 6.42 Å². The molecular formula is C13H18BrNO2. The third-order valence-electron chi connectivity index (χ3n) is 2.45. The Labute approximate surface area is 110 Å². The fraction of sp³-hybridized carbons (Fsp3) is 0.462. The van der Waals surface area contributed by atoms with E-state index in [2.05, 4.69) is 21.2 Å². The van der Waals surface area contributed by atoms with Gasteiger partial charge in [0, 0.05) is 11.4 Å². The minimum Gasteiger partial charge on any atom is -0.508 e. The van der Waals surface area contributed by atoms with Crippen LogP contribution in [0.2, 0.25) is 0 Å². The Balaban J connectivity index is 2.39. The number of carbonyl (C=O) groups is 1. The topological polar surface area (TPSA) is 49.3 Å². The van der Waals surface area contributed by atoms with Crippen molar-refractivity contribution >= 4 is 21.8 Å².